The van der Waals surface area contributed by atoms with Gasteiger partial charge in [-0.15, -0.1) is 24.8 Å². The standard InChI is InChI=1S/C24H29N3O3.2ClH/c1-3-26-10-12-27(13-11-26)24-20-7-5-4-6-18(20)16-21(25-24)19-8-9-22(30-15-14-28)23(17-19)29-2;;/h4-9,16-17,28H,3,10-15H2,1-2H3;2*1H. The van der Waals surface area contributed by atoms with E-state index in [2.05, 4.69) is 47.1 Å². The molecular formula is C24H31Cl2N3O3. The molecular weight excluding hydrogens is 449 g/mol. The summed E-state index contributed by atoms with van der Waals surface area (Å²) in [5, 5.41) is 11.4. The molecule has 8 heteroatoms. The molecule has 0 spiro atoms. The van der Waals surface area contributed by atoms with Crippen molar-refractivity contribution in [2.24, 2.45) is 0 Å². The number of fused-ring (bicyclic) bond motifs is 1. The first-order chi connectivity index (χ1) is 14.7. The molecule has 1 aliphatic heterocycles. The van der Waals surface area contributed by atoms with Crippen LogP contribution >= 0.6 is 24.8 Å². The highest BCUT2D eigenvalue weighted by Gasteiger charge is 2.20. The molecule has 1 saturated heterocycles. The summed E-state index contributed by atoms with van der Waals surface area (Å²) in [4.78, 5) is 9.95. The number of piperazine rings is 1. The molecule has 32 heavy (non-hydrogen) atoms. The number of aromatic nitrogens is 1. The highest BCUT2D eigenvalue weighted by Crippen LogP contribution is 2.35. The number of halogens is 2. The highest BCUT2D eigenvalue weighted by atomic mass is 35.5. The number of benzene rings is 2. The predicted molar refractivity (Wildman–Crippen MR) is 135 cm³/mol. The van der Waals surface area contributed by atoms with Crippen molar-refractivity contribution < 1.29 is 14.6 Å². The van der Waals surface area contributed by atoms with Gasteiger partial charge in [0.2, 0.25) is 0 Å². The van der Waals surface area contributed by atoms with Crippen LogP contribution in [0.5, 0.6) is 11.5 Å². The lowest BCUT2D eigenvalue weighted by molar-refractivity contribution is 0.196. The number of aliphatic hydroxyl groups is 1. The summed E-state index contributed by atoms with van der Waals surface area (Å²) >= 11 is 0. The van der Waals surface area contributed by atoms with Gasteiger partial charge in [-0.3, -0.25) is 0 Å². The van der Waals surface area contributed by atoms with E-state index in [-0.39, 0.29) is 38.0 Å². The lowest BCUT2D eigenvalue weighted by atomic mass is 10.1. The zero-order chi connectivity index (χ0) is 20.9. The summed E-state index contributed by atoms with van der Waals surface area (Å²) < 4.78 is 11.1. The number of likely N-dealkylation sites (N-methyl/N-ethyl adjacent to an activating group) is 1. The van der Waals surface area contributed by atoms with Gasteiger partial charge in [0.1, 0.15) is 12.4 Å². The Morgan fingerprint density at radius 2 is 1.72 bits per heavy atom. The number of hydrogen-bond donors (Lipinski definition) is 1. The van der Waals surface area contributed by atoms with E-state index in [1.807, 2.05) is 18.2 Å². The normalized spacial score (nSPS) is 13.9. The van der Waals surface area contributed by atoms with Gasteiger partial charge in [0, 0.05) is 37.1 Å². The second kappa shape index (κ2) is 12.1. The van der Waals surface area contributed by atoms with Gasteiger partial charge in [-0.1, -0.05) is 31.2 Å². The monoisotopic (exact) mass is 479 g/mol. The smallest absolute Gasteiger partial charge is 0.161 e. The van der Waals surface area contributed by atoms with Crippen LogP contribution in [0.1, 0.15) is 6.92 Å². The minimum Gasteiger partial charge on any atom is -0.493 e. The van der Waals surface area contributed by atoms with Crippen LogP contribution in [0.3, 0.4) is 0 Å². The molecule has 1 N–H and O–H groups in total. The molecule has 0 radical (unpaired) electrons. The van der Waals surface area contributed by atoms with Gasteiger partial charge in [0.25, 0.3) is 0 Å². The molecule has 1 aromatic heterocycles. The van der Waals surface area contributed by atoms with Crippen molar-refractivity contribution >= 4 is 41.4 Å². The molecule has 1 aliphatic rings. The van der Waals surface area contributed by atoms with Crippen LogP contribution < -0.4 is 14.4 Å². The quantitative estimate of drug-likeness (QED) is 0.545. The zero-order valence-electron chi connectivity index (χ0n) is 18.5. The van der Waals surface area contributed by atoms with Crippen LogP contribution in [-0.4, -0.2) is 68.0 Å². The number of rotatable bonds is 7. The van der Waals surface area contributed by atoms with E-state index in [4.69, 9.17) is 19.6 Å². The van der Waals surface area contributed by atoms with Crippen molar-refractivity contribution in [1.82, 2.24) is 9.88 Å². The molecule has 0 amide bonds. The van der Waals surface area contributed by atoms with Crippen molar-refractivity contribution in [3.05, 3.63) is 48.5 Å². The molecule has 0 saturated carbocycles. The van der Waals surface area contributed by atoms with E-state index in [1.165, 1.54) is 10.8 Å². The number of nitrogens with zero attached hydrogens (tertiary/aromatic N) is 3. The third-order valence-electron chi connectivity index (χ3n) is 5.65. The number of hydrogen-bond acceptors (Lipinski definition) is 6. The Morgan fingerprint density at radius 1 is 0.969 bits per heavy atom. The van der Waals surface area contributed by atoms with Crippen LogP contribution in [0.4, 0.5) is 5.82 Å². The fourth-order valence-corrected chi connectivity index (χ4v) is 3.95. The number of anilines is 1. The number of aliphatic hydroxyl groups excluding tert-OH is 1. The third-order valence-corrected chi connectivity index (χ3v) is 5.65. The molecule has 0 atom stereocenters. The first kappa shape index (κ1) is 26.0. The van der Waals surface area contributed by atoms with Crippen LogP contribution in [0.2, 0.25) is 0 Å². The van der Waals surface area contributed by atoms with Gasteiger partial charge >= 0.3 is 0 Å². The maximum Gasteiger partial charge on any atom is 0.161 e. The van der Waals surface area contributed by atoms with Crippen molar-refractivity contribution in [2.45, 2.75) is 6.92 Å². The highest BCUT2D eigenvalue weighted by molar-refractivity contribution is 5.95. The second-order valence-corrected chi connectivity index (χ2v) is 7.41. The lowest BCUT2D eigenvalue weighted by Crippen LogP contribution is -2.46. The summed E-state index contributed by atoms with van der Waals surface area (Å²) in [6.07, 6.45) is 0. The minimum atomic E-state index is -0.0359. The van der Waals surface area contributed by atoms with E-state index >= 15 is 0 Å². The van der Waals surface area contributed by atoms with Crippen LogP contribution in [-0.2, 0) is 0 Å². The van der Waals surface area contributed by atoms with Crippen LogP contribution in [0.15, 0.2) is 48.5 Å². The SMILES string of the molecule is CCN1CCN(c2nc(-c3ccc(OCCO)c(OC)c3)cc3ccccc23)CC1.Cl.Cl. The molecule has 0 aliphatic carbocycles. The topological polar surface area (TPSA) is 58.1 Å². The number of ether oxygens (including phenoxy) is 2. The van der Waals surface area contributed by atoms with Gasteiger partial charge in [-0.25, -0.2) is 4.98 Å². The van der Waals surface area contributed by atoms with Crippen molar-refractivity contribution in [3.8, 4) is 22.8 Å². The first-order valence-corrected chi connectivity index (χ1v) is 10.5. The van der Waals surface area contributed by atoms with E-state index < -0.39 is 0 Å². The Bertz CT molecular complexity index is 1010. The lowest BCUT2D eigenvalue weighted by Gasteiger charge is -2.35. The maximum absolute atomic E-state index is 9.03. The zero-order valence-corrected chi connectivity index (χ0v) is 20.1. The van der Waals surface area contributed by atoms with E-state index in [0.717, 1.165) is 49.8 Å². The van der Waals surface area contributed by atoms with E-state index in [1.54, 1.807) is 7.11 Å². The molecule has 6 nitrogen and oxygen atoms in total. The Kier molecular flexibility index (Phi) is 9.84. The second-order valence-electron chi connectivity index (χ2n) is 7.41. The summed E-state index contributed by atoms with van der Waals surface area (Å²) in [6.45, 7) is 7.57. The van der Waals surface area contributed by atoms with Gasteiger partial charge in [-0.2, -0.15) is 0 Å². The third kappa shape index (κ3) is 5.56. The maximum atomic E-state index is 9.03. The van der Waals surface area contributed by atoms with Gasteiger partial charge in [0.05, 0.1) is 19.4 Å². The Hall–Kier alpha value is -2.25. The Labute approximate surface area is 202 Å². The molecule has 2 aromatic carbocycles. The van der Waals surface area contributed by atoms with Crippen LogP contribution in [0, 0.1) is 0 Å². The summed E-state index contributed by atoms with van der Waals surface area (Å²) in [5.74, 6) is 2.29. The van der Waals surface area contributed by atoms with E-state index in [0.29, 0.717) is 11.5 Å². The van der Waals surface area contributed by atoms with Crippen molar-refractivity contribution in [2.75, 3.05) is 57.9 Å². The minimum absolute atomic E-state index is 0. The molecule has 0 bridgehead atoms. The number of methoxy groups -OCH3 is 1. The summed E-state index contributed by atoms with van der Waals surface area (Å²) in [5.41, 5.74) is 1.89. The van der Waals surface area contributed by atoms with Crippen molar-refractivity contribution in [1.29, 1.82) is 0 Å². The predicted octanol–water partition coefficient (Wildman–Crippen LogP) is 4.27. The first-order valence-electron chi connectivity index (χ1n) is 10.5. The molecule has 174 valence electrons. The van der Waals surface area contributed by atoms with Gasteiger partial charge in [0.15, 0.2) is 11.5 Å². The fraction of sp³-hybridized carbons (Fsp3) is 0.375. The molecule has 4 rings (SSSR count). The molecule has 0 unspecified atom stereocenters. The Morgan fingerprint density at radius 3 is 2.41 bits per heavy atom. The summed E-state index contributed by atoms with van der Waals surface area (Å²) in [6, 6.07) is 16.4. The average molecular weight is 480 g/mol. The molecule has 2 heterocycles. The van der Waals surface area contributed by atoms with Crippen molar-refractivity contribution in [3.63, 3.8) is 0 Å². The summed E-state index contributed by atoms with van der Waals surface area (Å²) in [7, 11) is 1.62. The molecule has 1 fully saturated rings. The van der Waals surface area contributed by atoms with E-state index in [9.17, 15) is 0 Å². The van der Waals surface area contributed by atoms with Crippen LogP contribution in [0.25, 0.3) is 22.0 Å². The van der Waals surface area contributed by atoms with Gasteiger partial charge in [-0.05, 0) is 36.2 Å². The Balaban J connectivity index is 0.00000181. The molecule has 3 aromatic rings. The van der Waals surface area contributed by atoms with Gasteiger partial charge < -0.3 is 24.4 Å². The average Bonchev–Trinajstić information content (AvgIpc) is 2.82. The fourth-order valence-electron chi connectivity index (χ4n) is 3.95. The number of pyridine rings is 1. The largest absolute Gasteiger partial charge is 0.493 e.